The highest BCUT2D eigenvalue weighted by Crippen LogP contribution is 2.30. The number of hydrogen-bond acceptors (Lipinski definition) is 2. The number of rotatable bonds is 5. The van der Waals surface area contributed by atoms with E-state index in [-0.39, 0.29) is 5.91 Å². The summed E-state index contributed by atoms with van der Waals surface area (Å²) in [6.07, 6.45) is 5.58. The molecule has 0 unspecified atom stereocenters. The first-order valence-electron chi connectivity index (χ1n) is 9.43. The first kappa shape index (κ1) is 16.7. The largest absolute Gasteiger partial charge is 0.491 e. The molecule has 1 aromatic heterocycles. The van der Waals surface area contributed by atoms with Crippen LogP contribution in [0.3, 0.4) is 0 Å². The van der Waals surface area contributed by atoms with E-state index in [4.69, 9.17) is 4.74 Å². The number of benzene rings is 2. The average molecular weight is 348 g/mol. The Morgan fingerprint density at radius 3 is 2.88 bits per heavy atom. The molecule has 2 N–H and O–H groups in total. The summed E-state index contributed by atoms with van der Waals surface area (Å²) in [7, 11) is 0. The van der Waals surface area contributed by atoms with E-state index < -0.39 is 0 Å². The Kier molecular flexibility index (Phi) is 4.65. The Balaban J connectivity index is 1.61. The Morgan fingerprint density at radius 2 is 2.00 bits per heavy atom. The van der Waals surface area contributed by atoms with Crippen LogP contribution in [-0.2, 0) is 12.8 Å². The maximum absolute atomic E-state index is 12.8. The number of nitrogens with one attached hydrogen (secondary N) is 2. The van der Waals surface area contributed by atoms with Crippen LogP contribution in [0.4, 0.5) is 5.69 Å². The van der Waals surface area contributed by atoms with Crippen LogP contribution >= 0.6 is 0 Å². The molecule has 1 aliphatic carbocycles. The van der Waals surface area contributed by atoms with Gasteiger partial charge in [0.15, 0.2) is 0 Å². The third-order valence-corrected chi connectivity index (χ3v) is 4.96. The molecule has 1 amide bonds. The molecule has 0 radical (unpaired) electrons. The van der Waals surface area contributed by atoms with E-state index in [0.717, 1.165) is 24.8 Å². The van der Waals surface area contributed by atoms with Crippen LogP contribution in [-0.4, -0.2) is 17.5 Å². The lowest BCUT2D eigenvalue weighted by Crippen LogP contribution is -2.13. The fraction of sp³-hybridized carbons (Fsp3) is 0.318. The fourth-order valence-corrected chi connectivity index (χ4v) is 3.65. The van der Waals surface area contributed by atoms with Crippen LogP contribution in [0.2, 0.25) is 0 Å². The number of aromatic nitrogens is 1. The third kappa shape index (κ3) is 3.19. The number of ether oxygens (including phenoxy) is 1. The van der Waals surface area contributed by atoms with Gasteiger partial charge in [-0.15, -0.1) is 0 Å². The van der Waals surface area contributed by atoms with Crippen molar-refractivity contribution in [1.82, 2.24) is 4.98 Å². The highest BCUT2D eigenvalue weighted by Gasteiger charge is 2.17. The van der Waals surface area contributed by atoms with Crippen LogP contribution in [0.25, 0.3) is 10.9 Å². The third-order valence-electron chi connectivity index (χ3n) is 4.96. The second kappa shape index (κ2) is 7.24. The van der Waals surface area contributed by atoms with Gasteiger partial charge in [-0.05, 0) is 68.0 Å². The summed E-state index contributed by atoms with van der Waals surface area (Å²) < 4.78 is 5.74. The Hall–Kier alpha value is -2.75. The van der Waals surface area contributed by atoms with Crippen molar-refractivity contribution in [2.75, 3.05) is 11.9 Å². The van der Waals surface area contributed by atoms with Crippen LogP contribution in [0.5, 0.6) is 5.75 Å². The van der Waals surface area contributed by atoms with E-state index in [2.05, 4.69) is 17.2 Å². The molecule has 3 aromatic rings. The first-order valence-corrected chi connectivity index (χ1v) is 9.43. The highest BCUT2D eigenvalue weighted by atomic mass is 16.5. The zero-order chi connectivity index (χ0) is 17.9. The molecular weight excluding hydrogens is 324 g/mol. The van der Waals surface area contributed by atoms with Crippen LogP contribution in [0.1, 0.15) is 47.8 Å². The number of aryl methyl sites for hydroxylation is 2. The number of carbonyl (C=O) groups excluding carboxylic acids is 1. The molecule has 0 saturated carbocycles. The molecule has 4 nitrogen and oxygen atoms in total. The maximum atomic E-state index is 12.8. The summed E-state index contributed by atoms with van der Waals surface area (Å²) in [5.41, 5.74) is 5.23. The number of fused-ring (bicyclic) bond motifs is 3. The lowest BCUT2D eigenvalue weighted by Gasteiger charge is -2.12. The second-order valence-corrected chi connectivity index (χ2v) is 6.85. The van der Waals surface area contributed by atoms with E-state index in [1.807, 2.05) is 42.5 Å². The van der Waals surface area contributed by atoms with E-state index >= 15 is 0 Å². The monoisotopic (exact) mass is 348 g/mol. The summed E-state index contributed by atoms with van der Waals surface area (Å²) in [4.78, 5) is 16.3. The SMILES string of the molecule is CCCOc1ccccc1NC(=O)c1ccc2[nH]c3c(c2c1)CCCC3. The number of hydrogen-bond donors (Lipinski definition) is 2. The maximum Gasteiger partial charge on any atom is 0.255 e. The smallest absolute Gasteiger partial charge is 0.255 e. The fourth-order valence-electron chi connectivity index (χ4n) is 3.65. The zero-order valence-electron chi connectivity index (χ0n) is 15.1. The average Bonchev–Trinajstić information content (AvgIpc) is 3.05. The number of para-hydroxylation sites is 2. The Bertz CT molecular complexity index is 942. The molecule has 0 aliphatic heterocycles. The minimum atomic E-state index is -0.106. The molecule has 4 rings (SSSR count). The molecule has 134 valence electrons. The molecule has 0 saturated heterocycles. The van der Waals surface area contributed by atoms with Crippen LogP contribution in [0, 0.1) is 0 Å². The van der Waals surface area contributed by atoms with Crippen molar-refractivity contribution < 1.29 is 9.53 Å². The van der Waals surface area contributed by atoms with Crippen LogP contribution < -0.4 is 10.1 Å². The van der Waals surface area contributed by atoms with E-state index in [1.165, 1.54) is 29.5 Å². The minimum absolute atomic E-state index is 0.106. The normalized spacial score (nSPS) is 13.4. The van der Waals surface area contributed by atoms with Gasteiger partial charge in [-0.2, -0.15) is 0 Å². The molecule has 26 heavy (non-hydrogen) atoms. The molecule has 0 atom stereocenters. The quantitative estimate of drug-likeness (QED) is 0.675. The van der Waals surface area contributed by atoms with E-state index in [9.17, 15) is 4.79 Å². The van der Waals surface area contributed by atoms with Crippen molar-refractivity contribution in [3.8, 4) is 5.75 Å². The lowest BCUT2D eigenvalue weighted by atomic mass is 9.95. The van der Waals surface area contributed by atoms with Gasteiger partial charge in [0.2, 0.25) is 0 Å². The van der Waals surface area contributed by atoms with Crippen molar-refractivity contribution >= 4 is 22.5 Å². The molecular formula is C22H24N2O2. The molecule has 0 fully saturated rings. The zero-order valence-corrected chi connectivity index (χ0v) is 15.1. The molecule has 1 heterocycles. The molecule has 2 aromatic carbocycles. The number of anilines is 1. The molecule has 0 bridgehead atoms. The van der Waals surface area contributed by atoms with Gasteiger partial charge in [0.25, 0.3) is 5.91 Å². The van der Waals surface area contributed by atoms with Crippen molar-refractivity contribution in [2.24, 2.45) is 0 Å². The van der Waals surface area contributed by atoms with Crippen molar-refractivity contribution in [1.29, 1.82) is 0 Å². The van der Waals surface area contributed by atoms with Gasteiger partial charge >= 0.3 is 0 Å². The van der Waals surface area contributed by atoms with E-state index in [0.29, 0.717) is 23.6 Å². The summed E-state index contributed by atoms with van der Waals surface area (Å²) in [5.74, 6) is 0.605. The van der Waals surface area contributed by atoms with Gasteiger partial charge in [0.05, 0.1) is 12.3 Å². The molecule has 1 aliphatic rings. The van der Waals surface area contributed by atoms with Crippen molar-refractivity contribution in [3.05, 3.63) is 59.3 Å². The summed E-state index contributed by atoms with van der Waals surface area (Å²) >= 11 is 0. The molecule has 0 spiro atoms. The second-order valence-electron chi connectivity index (χ2n) is 6.85. The lowest BCUT2D eigenvalue weighted by molar-refractivity contribution is 0.102. The topological polar surface area (TPSA) is 54.1 Å². The number of H-pyrrole nitrogens is 1. The minimum Gasteiger partial charge on any atom is -0.491 e. The summed E-state index contributed by atoms with van der Waals surface area (Å²) in [5, 5.41) is 4.18. The van der Waals surface area contributed by atoms with Gasteiger partial charge in [-0.1, -0.05) is 19.1 Å². The standard InChI is InChI=1S/C22H24N2O2/c1-2-13-26-21-10-6-5-9-20(21)24-22(25)15-11-12-19-17(14-15)16-7-3-4-8-18(16)23-19/h5-6,9-12,14,23H,2-4,7-8,13H2,1H3,(H,24,25). The highest BCUT2D eigenvalue weighted by molar-refractivity contribution is 6.07. The van der Waals surface area contributed by atoms with Gasteiger partial charge in [0.1, 0.15) is 5.75 Å². The Labute approximate surface area is 153 Å². The summed E-state index contributed by atoms with van der Waals surface area (Å²) in [6.45, 7) is 2.70. The first-order chi connectivity index (χ1) is 12.8. The predicted molar refractivity (Wildman–Crippen MR) is 105 cm³/mol. The van der Waals surface area contributed by atoms with Gasteiger partial charge in [0, 0.05) is 22.2 Å². The van der Waals surface area contributed by atoms with Gasteiger partial charge in [-0.25, -0.2) is 0 Å². The predicted octanol–water partition coefficient (Wildman–Crippen LogP) is 5.09. The number of amides is 1. The van der Waals surface area contributed by atoms with Crippen LogP contribution in [0.15, 0.2) is 42.5 Å². The summed E-state index contributed by atoms with van der Waals surface area (Å²) in [6, 6.07) is 13.5. The van der Waals surface area contributed by atoms with Gasteiger partial charge < -0.3 is 15.0 Å². The van der Waals surface area contributed by atoms with Crippen molar-refractivity contribution in [2.45, 2.75) is 39.0 Å². The van der Waals surface area contributed by atoms with E-state index in [1.54, 1.807) is 0 Å². The van der Waals surface area contributed by atoms with Gasteiger partial charge in [-0.3, -0.25) is 4.79 Å². The van der Waals surface area contributed by atoms with Crippen molar-refractivity contribution in [3.63, 3.8) is 0 Å². The number of aromatic amines is 1. The Morgan fingerprint density at radius 1 is 1.15 bits per heavy atom. The number of carbonyl (C=O) groups is 1. The molecule has 4 heteroatoms.